The van der Waals surface area contributed by atoms with Crippen molar-refractivity contribution in [3.05, 3.63) is 29.2 Å². The summed E-state index contributed by atoms with van der Waals surface area (Å²) in [7, 11) is 3.95. The SMILES string of the molecule is Cc1cnc(N2CCn3nc(C#N)cc3C2)nc1N(C)C. The van der Waals surface area contributed by atoms with Gasteiger partial charge in [-0.15, -0.1) is 0 Å². The number of hydrogen-bond acceptors (Lipinski definition) is 6. The molecule has 0 saturated heterocycles. The Labute approximate surface area is 123 Å². The van der Waals surface area contributed by atoms with Gasteiger partial charge >= 0.3 is 0 Å². The van der Waals surface area contributed by atoms with Gasteiger partial charge in [-0.3, -0.25) is 4.68 Å². The summed E-state index contributed by atoms with van der Waals surface area (Å²) in [6, 6.07) is 3.91. The lowest BCUT2D eigenvalue weighted by Crippen LogP contribution is -2.35. The number of rotatable bonds is 2. The molecule has 0 saturated carbocycles. The zero-order valence-electron chi connectivity index (χ0n) is 12.4. The Morgan fingerprint density at radius 2 is 2.14 bits per heavy atom. The van der Waals surface area contributed by atoms with Gasteiger partial charge in [-0.25, -0.2) is 4.98 Å². The van der Waals surface area contributed by atoms with Gasteiger partial charge in [-0.05, 0) is 13.0 Å². The third kappa shape index (κ3) is 2.40. The molecule has 0 aromatic carbocycles. The first-order valence-electron chi connectivity index (χ1n) is 6.81. The van der Waals surface area contributed by atoms with E-state index in [0.717, 1.165) is 36.1 Å². The van der Waals surface area contributed by atoms with Gasteiger partial charge in [-0.2, -0.15) is 15.3 Å². The molecule has 21 heavy (non-hydrogen) atoms. The maximum Gasteiger partial charge on any atom is 0.227 e. The molecule has 0 amide bonds. The molecule has 2 aromatic rings. The second-order valence-corrected chi connectivity index (χ2v) is 5.35. The largest absolute Gasteiger partial charge is 0.362 e. The first-order chi connectivity index (χ1) is 10.1. The summed E-state index contributed by atoms with van der Waals surface area (Å²) in [5.74, 6) is 1.65. The summed E-state index contributed by atoms with van der Waals surface area (Å²) in [5, 5.41) is 13.2. The fraction of sp³-hybridized carbons (Fsp3) is 0.429. The van der Waals surface area contributed by atoms with E-state index in [-0.39, 0.29) is 0 Å². The number of nitriles is 1. The predicted molar refractivity (Wildman–Crippen MR) is 79.1 cm³/mol. The maximum absolute atomic E-state index is 8.93. The molecule has 0 radical (unpaired) electrons. The van der Waals surface area contributed by atoms with E-state index < -0.39 is 0 Å². The normalized spacial score (nSPS) is 13.7. The highest BCUT2D eigenvalue weighted by Gasteiger charge is 2.21. The lowest BCUT2D eigenvalue weighted by atomic mass is 10.3. The molecule has 3 heterocycles. The van der Waals surface area contributed by atoms with Crippen LogP contribution in [-0.2, 0) is 13.1 Å². The van der Waals surface area contributed by atoms with Crippen molar-refractivity contribution in [3.8, 4) is 6.07 Å². The van der Waals surface area contributed by atoms with Crippen LogP contribution in [0.2, 0.25) is 0 Å². The van der Waals surface area contributed by atoms with Crippen molar-refractivity contribution in [3.63, 3.8) is 0 Å². The van der Waals surface area contributed by atoms with Crippen LogP contribution >= 0.6 is 0 Å². The molecule has 1 aliphatic heterocycles. The summed E-state index contributed by atoms with van der Waals surface area (Å²) < 4.78 is 1.89. The van der Waals surface area contributed by atoms with Gasteiger partial charge in [0.25, 0.3) is 0 Å². The van der Waals surface area contributed by atoms with Crippen molar-refractivity contribution in [2.75, 3.05) is 30.4 Å². The van der Waals surface area contributed by atoms with Crippen molar-refractivity contribution in [2.45, 2.75) is 20.0 Å². The maximum atomic E-state index is 8.93. The minimum absolute atomic E-state index is 0.464. The molecule has 0 atom stereocenters. The number of fused-ring (bicyclic) bond motifs is 1. The third-order valence-corrected chi connectivity index (χ3v) is 3.55. The zero-order chi connectivity index (χ0) is 15.0. The Hall–Kier alpha value is -2.62. The molecule has 7 nitrogen and oxygen atoms in total. The molecule has 7 heteroatoms. The van der Waals surface area contributed by atoms with Crippen LogP contribution < -0.4 is 9.80 Å². The lowest BCUT2D eigenvalue weighted by Gasteiger charge is -2.28. The monoisotopic (exact) mass is 283 g/mol. The quantitative estimate of drug-likeness (QED) is 0.816. The molecule has 2 aromatic heterocycles. The third-order valence-electron chi connectivity index (χ3n) is 3.55. The van der Waals surface area contributed by atoms with E-state index in [9.17, 15) is 0 Å². The summed E-state index contributed by atoms with van der Waals surface area (Å²) in [4.78, 5) is 13.2. The first-order valence-corrected chi connectivity index (χ1v) is 6.81. The van der Waals surface area contributed by atoms with Crippen LogP contribution in [0.5, 0.6) is 0 Å². The first kappa shape index (κ1) is 13.4. The van der Waals surface area contributed by atoms with E-state index in [4.69, 9.17) is 5.26 Å². The molecule has 0 fully saturated rings. The average Bonchev–Trinajstić information content (AvgIpc) is 2.89. The van der Waals surface area contributed by atoms with Gasteiger partial charge in [-0.1, -0.05) is 0 Å². The molecule has 0 N–H and O–H groups in total. The Balaban J connectivity index is 1.89. The van der Waals surface area contributed by atoms with Crippen LogP contribution in [0.15, 0.2) is 12.3 Å². The fourth-order valence-electron chi connectivity index (χ4n) is 2.52. The van der Waals surface area contributed by atoms with Gasteiger partial charge in [0.1, 0.15) is 11.9 Å². The van der Waals surface area contributed by atoms with E-state index in [2.05, 4.69) is 26.0 Å². The molecule has 0 bridgehead atoms. The van der Waals surface area contributed by atoms with Gasteiger partial charge in [0.05, 0.1) is 18.8 Å². The number of aryl methyl sites for hydroxylation is 1. The number of aromatic nitrogens is 4. The van der Waals surface area contributed by atoms with Crippen LogP contribution in [-0.4, -0.2) is 40.4 Å². The van der Waals surface area contributed by atoms with Gasteiger partial charge in [0.2, 0.25) is 5.95 Å². The predicted octanol–water partition coefficient (Wildman–Crippen LogP) is 0.939. The zero-order valence-corrected chi connectivity index (χ0v) is 12.4. The number of nitrogens with zero attached hydrogens (tertiary/aromatic N) is 7. The highest BCUT2D eigenvalue weighted by atomic mass is 15.4. The molecular weight excluding hydrogens is 266 g/mol. The summed E-state index contributed by atoms with van der Waals surface area (Å²) in [6.07, 6.45) is 1.85. The smallest absolute Gasteiger partial charge is 0.227 e. The van der Waals surface area contributed by atoms with Gasteiger partial charge in [0, 0.05) is 32.4 Å². The molecule has 0 spiro atoms. The molecule has 3 rings (SSSR count). The standard InChI is InChI=1S/C14H17N7/c1-10-8-16-14(17-13(10)19(2)3)20-4-5-21-12(9-20)6-11(7-15)18-21/h6,8H,4-5,9H2,1-3H3. The summed E-state index contributed by atoms with van der Waals surface area (Å²) in [6.45, 7) is 4.20. The minimum Gasteiger partial charge on any atom is -0.362 e. The van der Waals surface area contributed by atoms with Crippen molar-refractivity contribution < 1.29 is 0 Å². The Kier molecular flexibility index (Phi) is 3.22. The van der Waals surface area contributed by atoms with E-state index in [0.29, 0.717) is 12.2 Å². The number of hydrogen-bond donors (Lipinski definition) is 0. The molecule has 0 aliphatic carbocycles. The van der Waals surface area contributed by atoms with Crippen molar-refractivity contribution in [1.82, 2.24) is 19.7 Å². The highest BCUT2D eigenvalue weighted by molar-refractivity contribution is 5.48. The van der Waals surface area contributed by atoms with E-state index >= 15 is 0 Å². The average molecular weight is 283 g/mol. The Morgan fingerprint density at radius 3 is 2.86 bits per heavy atom. The molecule has 1 aliphatic rings. The van der Waals surface area contributed by atoms with Crippen molar-refractivity contribution in [2.24, 2.45) is 0 Å². The second-order valence-electron chi connectivity index (χ2n) is 5.35. The van der Waals surface area contributed by atoms with E-state index in [1.807, 2.05) is 42.9 Å². The van der Waals surface area contributed by atoms with Crippen LogP contribution in [0.25, 0.3) is 0 Å². The van der Waals surface area contributed by atoms with Crippen molar-refractivity contribution >= 4 is 11.8 Å². The minimum atomic E-state index is 0.464. The van der Waals surface area contributed by atoms with Crippen LogP contribution in [0.4, 0.5) is 11.8 Å². The lowest BCUT2D eigenvalue weighted by molar-refractivity contribution is 0.513. The topological polar surface area (TPSA) is 73.9 Å². The molecular formula is C14H17N7. The van der Waals surface area contributed by atoms with Crippen LogP contribution in [0.3, 0.4) is 0 Å². The van der Waals surface area contributed by atoms with E-state index in [1.54, 1.807) is 0 Å². The highest BCUT2D eigenvalue weighted by Crippen LogP contribution is 2.21. The summed E-state index contributed by atoms with van der Waals surface area (Å²) in [5.41, 5.74) is 2.54. The summed E-state index contributed by atoms with van der Waals surface area (Å²) >= 11 is 0. The molecule has 0 unspecified atom stereocenters. The van der Waals surface area contributed by atoms with Gasteiger partial charge in [0.15, 0.2) is 5.69 Å². The van der Waals surface area contributed by atoms with Crippen LogP contribution in [0, 0.1) is 18.3 Å². The number of anilines is 2. The molecule has 108 valence electrons. The fourth-order valence-corrected chi connectivity index (χ4v) is 2.52. The van der Waals surface area contributed by atoms with Gasteiger partial charge < -0.3 is 9.80 Å². The second kappa shape index (κ2) is 5.05. The van der Waals surface area contributed by atoms with Crippen molar-refractivity contribution in [1.29, 1.82) is 5.26 Å². The van der Waals surface area contributed by atoms with E-state index in [1.165, 1.54) is 0 Å². The van der Waals surface area contributed by atoms with Crippen LogP contribution in [0.1, 0.15) is 17.0 Å². The Bertz CT molecular complexity index is 711. The Morgan fingerprint density at radius 1 is 1.33 bits per heavy atom.